The van der Waals surface area contributed by atoms with E-state index in [1.54, 1.807) is 12.1 Å². The molecule has 1 aromatic carbocycles. The van der Waals surface area contributed by atoms with Gasteiger partial charge in [-0.15, -0.1) is 0 Å². The average molecular weight is 283 g/mol. The third kappa shape index (κ3) is 1.33. The average Bonchev–Trinajstić information content (AvgIpc) is 2.93. The summed E-state index contributed by atoms with van der Waals surface area (Å²) in [7, 11) is 0. The first-order chi connectivity index (χ1) is 9.88. The van der Waals surface area contributed by atoms with Crippen molar-refractivity contribution in [3.63, 3.8) is 0 Å². The normalized spacial score (nSPS) is 41.0. The van der Waals surface area contributed by atoms with Crippen LogP contribution >= 0.6 is 0 Å². The van der Waals surface area contributed by atoms with Gasteiger partial charge in [-0.1, -0.05) is 32.0 Å². The predicted molar refractivity (Wildman–Crippen MR) is 76.4 cm³/mol. The molecule has 1 aromatic rings. The van der Waals surface area contributed by atoms with Crippen molar-refractivity contribution in [2.75, 3.05) is 4.90 Å². The summed E-state index contributed by atoms with van der Waals surface area (Å²) >= 11 is 0. The summed E-state index contributed by atoms with van der Waals surface area (Å²) in [5.74, 6) is -1.00. The summed E-state index contributed by atoms with van der Waals surface area (Å²) in [5, 5.41) is 0. The number of Topliss-reactive ketones (excluding diaryl/α,β-unsaturated/α-hetero) is 1. The summed E-state index contributed by atoms with van der Waals surface area (Å²) in [5.41, 5.74) is -0.399. The van der Waals surface area contributed by atoms with E-state index in [9.17, 15) is 14.4 Å². The molecule has 2 bridgehead atoms. The highest BCUT2D eigenvalue weighted by Gasteiger charge is 2.74. The maximum atomic E-state index is 12.8. The summed E-state index contributed by atoms with van der Waals surface area (Å²) in [6, 6.07) is 9.02. The molecule has 108 valence electrons. The number of rotatable bonds is 1. The summed E-state index contributed by atoms with van der Waals surface area (Å²) < 4.78 is 0. The number of carbonyl (C=O) groups is 3. The maximum Gasteiger partial charge on any atom is 0.238 e. The van der Waals surface area contributed by atoms with Gasteiger partial charge >= 0.3 is 0 Å². The number of imide groups is 1. The van der Waals surface area contributed by atoms with Crippen molar-refractivity contribution in [1.29, 1.82) is 0 Å². The Morgan fingerprint density at radius 1 is 1.00 bits per heavy atom. The van der Waals surface area contributed by atoms with Gasteiger partial charge in [0.2, 0.25) is 11.8 Å². The number of para-hydroxylation sites is 1. The number of hydrogen-bond acceptors (Lipinski definition) is 3. The molecule has 4 atom stereocenters. The molecule has 4 rings (SSSR count). The van der Waals surface area contributed by atoms with Crippen LogP contribution in [0.25, 0.3) is 0 Å². The van der Waals surface area contributed by atoms with E-state index in [4.69, 9.17) is 0 Å². The van der Waals surface area contributed by atoms with Crippen molar-refractivity contribution in [2.24, 2.45) is 22.7 Å². The smallest absolute Gasteiger partial charge is 0.238 e. The van der Waals surface area contributed by atoms with Crippen molar-refractivity contribution in [3.05, 3.63) is 30.3 Å². The van der Waals surface area contributed by atoms with Gasteiger partial charge in [-0.25, -0.2) is 0 Å². The zero-order chi connectivity index (χ0) is 15.0. The van der Waals surface area contributed by atoms with Crippen molar-refractivity contribution in [1.82, 2.24) is 0 Å². The first-order valence-corrected chi connectivity index (χ1v) is 7.35. The van der Waals surface area contributed by atoms with E-state index in [-0.39, 0.29) is 28.9 Å². The van der Waals surface area contributed by atoms with Crippen LogP contribution in [0.5, 0.6) is 0 Å². The van der Waals surface area contributed by atoms with Gasteiger partial charge in [0.05, 0.1) is 17.5 Å². The van der Waals surface area contributed by atoms with Crippen LogP contribution in [-0.4, -0.2) is 17.6 Å². The van der Waals surface area contributed by atoms with Crippen LogP contribution in [0.15, 0.2) is 30.3 Å². The third-order valence-corrected chi connectivity index (χ3v) is 5.73. The number of anilines is 1. The van der Waals surface area contributed by atoms with Crippen molar-refractivity contribution in [3.8, 4) is 0 Å². The lowest BCUT2D eigenvalue weighted by Crippen LogP contribution is -2.40. The maximum absolute atomic E-state index is 12.8. The second-order valence-electron chi connectivity index (χ2n) is 7.15. The van der Waals surface area contributed by atoms with E-state index in [1.807, 2.05) is 32.0 Å². The number of nitrogens with zero attached hydrogens (tertiary/aromatic N) is 1. The zero-order valence-electron chi connectivity index (χ0n) is 12.1. The second-order valence-corrected chi connectivity index (χ2v) is 7.15. The quantitative estimate of drug-likeness (QED) is 0.742. The molecule has 0 aromatic heterocycles. The molecule has 21 heavy (non-hydrogen) atoms. The molecular weight excluding hydrogens is 266 g/mol. The minimum absolute atomic E-state index is 0.130. The Bertz CT molecular complexity index is 683. The zero-order valence-corrected chi connectivity index (χ0v) is 12.1. The first kappa shape index (κ1) is 12.7. The Labute approximate surface area is 123 Å². The highest BCUT2D eigenvalue weighted by molar-refractivity contribution is 6.24. The third-order valence-electron chi connectivity index (χ3n) is 5.73. The molecule has 2 saturated carbocycles. The Hall–Kier alpha value is -1.97. The van der Waals surface area contributed by atoms with Gasteiger partial charge in [-0.2, -0.15) is 0 Å². The molecule has 0 unspecified atom stereocenters. The minimum Gasteiger partial charge on any atom is -0.299 e. The molecule has 4 heteroatoms. The van der Waals surface area contributed by atoms with Crippen LogP contribution in [0.2, 0.25) is 0 Å². The standard InChI is InChI=1S/C17H17NO3/c1-16-8-11(19)17(2,9-16)13-12(16)14(20)18(15(13)21)10-6-4-3-5-7-10/h3-7,12-13H,8-9H2,1-2H3/t12-,13-,16-,17+/m1/s1. The van der Waals surface area contributed by atoms with Crippen molar-refractivity contribution >= 4 is 23.3 Å². The largest absolute Gasteiger partial charge is 0.299 e. The molecule has 1 heterocycles. The molecule has 1 aliphatic heterocycles. The Kier molecular flexibility index (Phi) is 2.19. The predicted octanol–water partition coefficient (Wildman–Crippen LogP) is 2.18. The highest BCUT2D eigenvalue weighted by Crippen LogP contribution is 2.67. The van der Waals surface area contributed by atoms with E-state index in [0.29, 0.717) is 18.5 Å². The fourth-order valence-corrected chi connectivity index (χ4v) is 4.92. The number of ketones is 1. The minimum atomic E-state index is -0.657. The molecule has 0 N–H and O–H groups in total. The lowest BCUT2D eigenvalue weighted by atomic mass is 9.68. The Morgan fingerprint density at radius 3 is 2.29 bits per heavy atom. The molecule has 2 amide bonds. The molecular formula is C17H17NO3. The van der Waals surface area contributed by atoms with Crippen molar-refractivity contribution < 1.29 is 14.4 Å². The molecule has 3 aliphatic rings. The fourth-order valence-electron chi connectivity index (χ4n) is 4.92. The molecule has 0 radical (unpaired) electrons. The molecule has 2 aliphatic carbocycles. The number of fused-ring (bicyclic) bond motifs is 5. The topological polar surface area (TPSA) is 54.5 Å². The van der Waals surface area contributed by atoms with E-state index in [1.165, 1.54) is 4.90 Å². The molecule has 1 saturated heterocycles. The lowest BCUT2D eigenvalue weighted by Gasteiger charge is -2.30. The number of carbonyl (C=O) groups excluding carboxylic acids is 3. The van der Waals surface area contributed by atoms with Gasteiger partial charge in [-0.05, 0) is 24.0 Å². The molecule has 0 spiro atoms. The van der Waals surface area contributed by atoms with E-state index in [2.05, 4.69) is 0 Å². The number of amides is 2. The van der Waals surface area contributed by atoms with E-state index >= 15 is 0 Å². The highest BCUT2D eigenvalue weighted by atomic mass is 16.2. The monoisotopic (exact) mass is 283 g/mol. The lowest BCUT2D eigenvalue weighted by molar-refractivity contribution is -0.138. The van der Waals surface area contributed by atoms with Gasteiger partial charge in [0, 0.05) is 11.8 Å². The Morgan fingerprint density at radius 2 is 1.62 bits per heavy atom. The van der Waals surface area contributed by atoms with Crippen LogP contribution in [0.3, 0.4) is 0 Å². The molecule has 4 nitrogen and oxygen atoms in total. The van der Waals surface area contributed by atoms with Crippen LogP contribution in [0.4, 0.5) is 5.69 Å². The SMILES string of the molecule is C[C@@]12CC(=O)[C@](C)(C1)[C@H]1C(=O)N(c3ccccc3)C(=O)[C@@H]12. The van der Waals surface area contributed by atoms with Crippen LogP contribution < -0.4 is 4.90 Å². The molecule has 3 fully saturated rings. The van der Waals surface area contributed by atoms with Gasteiger partial charge in [0.15, 0.2) is 0 Å². The van der Waals surface area contributed by atoms with E-state index in [0.717, 1.165) is 0 Å². The van der Waals surface area contributed by atoms with Crippen LogP contribution in [0.1, 0.15) is 26.7 Å². The second kappa shape index (κ2) is 3.62. The van der Waals surface area contributed by atoms with Crippen molar-refractivity contribution in [2.45, 2.75) is 26.7 Å². The van der Waals surface area contributed by atoms with Crippen LogP contribution in [0, 0.1) is 22.7 Å². The summed E-state index contributed by atoms with van der Waals surface area (Å²) in [6.07, 6.45) is 1.08. The van der Waals surface area contributed by atoms with Gasteiger partial charge < -0.3 is 0 Å². The Balaban J connectivity index is 1.84. The fraction of sp³-hybridized carbons (Fsp3) is 0.471. The summed E-state index contributed by atoms with van der Waals surface area (Å²) in [4.78, 5) is 39.3. The first-order valence-electron chi connectivity index (χ1n) is 7.35. The van der Waals surface area contributed by atoms with Gasteiger partial charge in [-0.3, -0.25) is 19.3 Å². The number of benzene rings is 1. The van der Waals surface area contributed by atoms with Gasteiger partial charge in [0.1, 0.15) is 5.78 Å². The number of hydrogen-bond donors (Lipinski definition) is 0. The van der Waals surface area contributed by atoms with Crippen LogP contribution in [-0.2, 0) is 14.4 Å². The van der Waals surface area contributed by atoms with Gasteiger partial charge in [0.25, 0.3) is 0 Å². The summed E-state index contributed by atoms with van der Waals surface area (Å²) in [6.45, 7) is 3.85. The van der Waals surface area contributed by atoms with E-state index < -0.39 is 11.3 Å².